The zero-order valence-corrected chi connectivity index (χ0v) is 8.00. The van der Waals surface area contributed by atoms with Gasteiger partial charge in [0.1, 0.15) is 11.6 Å². The number of benzene rings is 1. The van der Waals surface area contributed by atoms with E-state index in [1.54, 1.807) is 0 Å². The van der Waals surface area contributed by atoms with Crippen LogP contribution in [-0.2, 0) is 0 Å². The van der Waals surface area contributed by atoms with E-state index in [0.29, 0.717) is 11.5 Å². The number of hydrogen-bond acceptors (Lipinski definition) is 1. The molecule has 0 spiro atoms. The Morgan fingerprint density at radius 2 is 2.14 bits per heavy atom. The van der Waals surface area contributed by atoms with E-state index < -0.39 is 0 Å². The van der Waals surface area contributed by atoms with Gasteiger partial charge in [-0.1, -0.05) is 0 Å². The van der Waals surface area contributed by atoms with E-state index in [9.17, 15) is 8.78 Å². The van der Waals surface area contributed by atoms with Crippen molar-refractivity contribution in [2.75, 3.05) is 0 Å². The molecule has 0 bridgehead atoms. The van der Waals surface area contributed by atoms with Gasteiger partial charge >= 0.3 is 0 Å². The fourth-order valence-electron chi connectivity index (χ4n) is 1.95. The third-order valence-corrected chi connectivity index (χ3v) is 2.87. The van der Waals surface area contributed by atoms with E-state index in [1.165, 1.54) is 12.1 Å². The third kappa shape index (κ3) is 1.64. The second kappa shape index (κ2) is 3.31. The third-order valence-electron chi connectivity index (χ3n) is 2.87. The van der Waals surface area contributed by atoms with Crippen LogP contribution in [0.2, 0.25) is 0 Å². The summed E-state index contributed by atoms with van der Waals surface area (Å²) in [6.07, 6.45) is 0.873. The summed E-state index contributed by atoms with van der Waals surface area (Å²) in [7, 11) is 0. The van der Waals surface area contributed by atoms with Gasteiger partial charge in [-0.3, -0.25) is 0 Å². The van der Waals surface area contributed by atoms with Gasteiger partial charge < -0.3 is 5.73 Å². The van der Waals surface area contributed by atoms with Crippen molar-refractivity contribution in [3.05, 3.63) is 35.4 Å². The van der Waals surface area contributed by atoms with Crippen LogP contribution in [-0.4, -0.2) is 6.04 Å². The molecule has 0 aromatic heterocycles. The molecule has 3 heteroatoms. The van der Waals surface area contributed by atoms with Crippen molar-refractivity contribution in [1.82, 2.24) is 0 Å². The average molecular weight is 197 g/mol. The van der Waals surface area contributed by atoms with Gasteiger partial charge in [-0.15, -0.1) is 0 Å². The molecule has 0 aliphatic heterocycles. The first-order valence-electron chi connectivity index (χ1n) is 4.80. The van der Waals surface area contributed by atoms with Gasteiger partial charge in [0.25, 0.3) is 0 Å². The molecule has 0 heterocycles. The van der Waals surface area contributed by atoms with E-state index >= 15 is 0 Å². The van der Waals surface area contributed by atoms with Crippen LogP contribution in [0.25, 0.3) is 0 Å². The molecule has 0 unspecified atom stereocenters. The van der Waals surface area contributed by atoms with Crippen molar-refractivity contribution in [2.24, 2.45) is 11.7 Å². The van der Waals surface area contributed by atoms with Crippen LogP contribution in [0.5, 0.6) is 0 Å². The molecule has 3 atom stereocenters. The fraction of sp³-hybridized carbons (Fsp3) is 0.455. The van der Waals surface area contributed by atoms with Gasteiger partial charge in [0.05, 0.1) is 0 Å². The summed E-state index contributed by atoms with van der Waals surface area (Å²) in [5, 5.41) is 0. The molecule has 1 saturated carbocycles. The van der Waals surface area contributed by atoms with Gasteiger partial charge in [0.2, 0.25) is 0 Å². The quantitative estimate of drug-likeness (QED) is 0.774. The zero-order chi connectivity index (χ0) is 10.3. The molecule has 0 radical (unpaired) electrons. The van der Waals surface area contributed by atoms with Gasteiger partial charge in [-0.25, -0.2) is 8.78 Å². The van der Waals surface area contributed by atoms with Crippen molar-refractivity contribution in [2.45, 2.75) is 25.3 Å². The van der Waals surface area contributed by atoms with E-state index in [-0.39, 0.29) is 23.6 Å². The average Bonchev–Trinajstić information content (AvgIpc) is 2.88. The molecule has 0 saturated heterocycles. The second-order valence-corrected chi connectivity index (χ2v) is 4.03. The van der Waals surface area contributed by atoms with Crippen LogP contribution in [0, 0.1) is 17.6 Å². The first kappa shape index (κ1) is 9.59. The lowest BCUT2D eigenvalue weighted by atomic mass is 10.1. The first-order valence-corrected chi connectivity index (χ1v) is 4.80. The number of nitrogens with two attached hydrogens (primary N) is 1. The highest BCUT2D eigenvalue weighted by Gasteiger charge is 2.42. The van der Waals surface area contributed by atoms with Crippen molar-refractivity contribution >= 4 is 0 Å². The normalized spacial score (nSPS) is 27.4. The summed E-state index contributed by atoms with van der Waals surface area (Å²) < 4.78 is 26.2. The standard InChI is InChI=1S/C11H13F2N/c1-6(14)8-5-9(8)10-4-7(12)2-3-11(10)13/h2-4,6,8-9H,5,14H2,1H3/t6-,8-,9+/m1/s1. The molecule has 1 nitrogen and oxygen atoms in total. The Kier molecular flexibility index (Phi) is 2.27. The summed E-state index contributed by atoms with van der Waals surface area (Å²) in [6.45, 7) is 1.90. The lowest BCUT2D eigenvalue weighted by Gasteiger charge is -2.05. The Balaban J connectivity index is 2.22. The predicted molar refractivity (Wildman–Crippen MR) is 50.9 cm³/mol. The number of halogens is 2. The van der Waals surface area contributed by atoms with Gasteiger partial charge in [0, 0.05) is 6.04 Å². The van der Waals surface area contributed by atoms with E-state index in [1.807, 2.05) is 6.92 Å². The van der Waals surface area contributed by atoms with Crippen LogP contribution in [0.1, 0.15) is 24.8 Å². The van der Waals surface area contributed by atoms with E-state index in [2.05, 4.69) is 0 Å². The molecule has 1 aromatic carbocycles. The molecule has 1 aliphatic carbocycles. The number of rotatable bonds is 2. The van der Waals surface area contributed by atoms with E-state index in [4.69, 9.17) is 5.73 Å². The fourth-order valence-corrected chi connectivity index (χ4v) is 1.95. The Hall–Kier alpha value is -0.960. The van der Waals surface area contributed by atoms with Gasteiger partial charge in [-0.05, 0) is 48.9 Å². The Labute approximate surface area is 81.9 Å². The summed E-state index contributed by atoms with van der Waals surface area (Å²) in [4.78, 5) is 0. The van der Waals surface area contributed by atoms with Crippen LogP contribution in [0.3, 0.4) is 0 Å². The number of hydrogen-bond donors (Lipinski definition) is 1. The topological polar surface area (TPSA) is 26.0 Å². The molecule has 2 N–H and O–H groups in total. The van der Waals surface area contributed by atoms with Crippen LogP contribution < -0.4 is 5.73 Å². The Bertz CT molecular complexity index is 349. The van der Waals surface area contributed by atoms with Gasteiger partial charge in [0.15, 0.2) is 0 Å². The summed E-state index contributed by atoms with van der Waals surface area (Å²) in [5.41, 5.74) is 6.18. The molecule has 1 aromatic rings. The van der Waals surface area contributed by atoms with Crippen molar-refractivity contribution in [3.63, 3.8) is 0 Å². The monoisotopic (exact) mass is 197 g/mol. The molecular formula is C11H13F2N. The lowest BCUT2D eigenvalue weighted by Crippen LogP contribution is -2.18. The van der Waals surface area contributed by atoms with Crippen LogP contribution in [0.4, 0.5) is 8.78 Å². The van der Waals surface area contributed by atoms with Crippen molar-refractivity contribution in [1.29, 1.82) is 0 Å². The summed E-state index contributed by atoms with van der Waals surface area (Å²) in [6, 6.07) is 3.66. The minimum absolute atomic E-state index is 0.0580. The molecule has 2 rings (SSSR count). The van der Waals surface area contributed by atoms with E-state index in [0.717, 1.165) is 12.5 Å². The molecule has 1 fully saturated rings. The highest BCUT2D eigenvalue weighted by atomic mass is 19.1. The first-order chi connectivity index (χ1) is 6.59. The predicted octanol–water partition coefficient (Wildman–Crippen LogP) is 2.42. The molecule has 0 amide bonds. The van der Waals surface area contributed by atoms with Crippen LogP contribution in [0.15, 0.2) is 18.2 Å². The van der Waals surface area contributed by atoms with Crippen LogP contribution >= 0.6 is 0 Å². The largest absolute Gasteiger partial charge is 0.328 e. The molecular weight excluding hydrogens is 184 g/mol. The summed E-state index contributed by atoms with van der Waals surface area (Å²) in [5.74, 6) is -0.270. The Morgan fingerprint density at radius 1 is 1.43 bits per heavy atom. The minimum Gasteiger partial charge on any atom is -0.328 e. The Morgan fingerprint density at radius 3 is 2.71 bits per heavy atom. The highest BCUT2D eigenvalue weighted by Crippen LogP contribution is 2.49. The summed E-state index contributed by atoms with van der Waals surface area (Å²) >= 11 is 0. The maximum absolute atomic E-state index is 13.3. The molecule has 76 valence electrons. The maximum atomic E-state index is 13.3. The molecule has 14 heavy (non-hydrogen) atoms. The SMILES string of the molecule is C[C@@H](N)[C@H]1C[C@@H]1c1cc(F)ccc1F. The second-order valence-electron chi connectivity index (χ2n) is 4.03. The maximum Gasteiger partial charge on any atom is 0.126 e. The highest BCUT2D eigenvalue weighted by molar-refractivity contribution is 5.28. The lowest BCUT2D eigenvalue weighted by molar-refractivity contribution is 0.572. The minimum atomic E-state index is -0.378. The van der Waals surface area contributed by atoms with Crippen molar-refractivity contribution in [3.8, 4) is 0 Å². The van der Waals surface area contributed by atoms with Crippen molar-refractivity contribution < 1.29 is 8.78 Å². The van der Waals surface area contributed by atoms with Gasteiger partial charge in [-0.2, -0.15) is 0 Å². The molecule has 1 aliphatic rings. The smallest absolute Gasteiger partial charge is 0.126 e. The zero-order valence-electron chi connectivity index (χ0n) is 8.00.